The first-order valence-corrected chi connectivity index (χ1v) is 7.63. The minimum absolute atomic E-state index is 0.368. The zero-order valence-electron chi connectivity index (χ0n) is 11.7. The van der Waals surface area contributed by atoms with Crippen LogP contribution in [0.2, 0.25) is 0 Å². The van der Waals surface area contributed by atoms with E-state index in [1.165, 1.54) is 0 Å². The number of nitrogens with two attached hydrogens (primary N) is 1. The van der Waals surface area contributed by atoms with E-state index in [1.54, 1.807) is 19.1 Å². The Balaban J connectivity index is 2.36. The fraction of sp³-hybridized carbons (Fsp3) is 0.133. The van der Waals surface area contributed by atoms with Crippen molar-refractivity contribution in [3.8, 4) is 0 Å². The molecule has 114 valence electrons. The zero-order chi connectivity index (χ0) is 15.9. The molecule has 22 heavy (non-hydrogen) atoms. The Morgan fingerprint density at radius 2 is 2.05 bits per heavy atom. The number of carbonyl (C=O) groups is 1. The van der Waals surface area contributed by atoms with Crippen molar-refractivity contribution in [1.82, 2.24) is 4.98 Å². The lowest BCUT2D eigenvalue weighted by atomic mass is 9.99. The summed E-state index contributed by atoms with van der Waals surface area (Å²) in [5.41, 5.74) is 7.96. The van der Waals surface area contributed by atoms with E-state index in [2.05, 4.69) is 4.98 Å². The van der Waals surface area contributed by atoms with E-state index < -0.39 is 23.4 Å². The quantitative estimate of drug-likeness (QED) is 0.643. The van der Waals surface area contributed by atoms with Gasteiger partial charge in [-0.05, 0) is 24.6 Å². The van der Waals surface area contributed by atoms with Gasteiger partial charge in [-0.15, -0.1) is 0 Å². The highest BCUT2D eigenvalue weighted by atomic mass is 32.2. The molecule has 0 aliphatic rings. The molecule has 3 rings (SSSR count). The summed E-state index contributed by atoms with van der Waals surface area (Å²) in [5.74, 6) is -0.539. The van der Waals surface area contributed by atoms with E-state index >= 15 is 0 Å². The van der Waals surface area contributed by atoms with Crippen molar-refractivity contribution < 1.29 is 17.7 Å². The van der Waals surface area contributed by atoms with Gasteiger partial charge < -0.3 is 10.7 Å². The summed E-state index contributed by atoms with van der Waals surface area (Å²) in [5, 5.41) is 1.67. The highest BCUT2D eigenvalue weighted by molar-refractivity contribution is 7.74. The van der Waals surface area contributed by atoms with E-state index in [4.69, 9.17) is 14.5 Å². The monoisotopic (exact) mass is 318 g/mol. The van der Waals surface area contributed by atoms with Crippen molar-refractivity contribution in [2.45, 2.75) is 13.0 Å². The van der Waals surface area contributed by atoms with Crippen molar-refractivity contribution in [3.63, 3.8) is 0 Å². The molecule has 0 fully saturated rings. The van der Waals surface area contributed by atoms with Crippen molar-refractivity contribution in [2.75, 3.05) is 0 Å². The molecule has 2 atom stereocenters. The van der Waals surface area contributed by atoms with Crippen molar-refractivity contribution >= 4 is 39.1 Å². The number of rotatable bonds is 4. The minimum Gasteiger partial charge on any atom is -0.366 e. The molecule has 6 nitrogen and oxygen atoms in total. The van der Waals surface area contributed by atoms with Gasteiger partial charge in [0.2, 0.25) is 0 Å². The molecule has 0 bridgehead atoms. The largest absolute Gasteiger partial charge is 0.366 e. The fourth-order valence-corrected chi connectivity index (χ4v) is 3.05. The van der Waals surface area contributed by atoms with E-state index in [9.17, 15) is 9.00 Å². The number of fused-ring (bicyclic) bond motifs is 3. The highest BCUT2D eigenvalue weighted by Gasteiger charge is 2.19. The second kappa shape index (κ2) is 5.53. The molecule has 2 unspecified atom stereocenters. The normalized spacial score (nSPS) is 14.3. The molecule has 1 amide bonds. The summed E-state index contributed by atoms with van der Waals surface area (Å²) < 4.78 is 24.8. The number of aromatic nitrogens is 1. The van der Waals surface area contributed by atoms with Crippen LogP contribution in [0, 0.1) is 0 Å². The first kappa shape index (κ1) is 14.7. The van der Waals surface area contributed by atoms with Gasteiger partial charge in [0, 0.05) is 16.3 Å². The Kier molecular flexibility index (Phi) is 3.69. The van der Waals surface area contributed by atoms with Crippen LogP contribution in [0.3, 0.4) is 0 Å². The molecule has 0 aliphatic carbocycles. The van der Waals surface area contributed by atoms with Crippen molar-refractivity contribution in [2.24, 2.45) is 5.73 Å². The number of primary amides is 1. The molecule has 7 heteroatoms. The van der Waals surface area contributed by atoms with Crippen LogP contribution in [-0.2, 0) is 15.5 Å². The summed E-state index contributed by atoms with van der Waals surface area (Å²) in [6, 6.07) is 10.8. The molecular formula is C15H14N2O4S. The molecule has 0 spiro atoms. The number of benzene rings is 2. The number of carbonyl (C=O) groups excluding carboxylic acids is 1. The Morgan fingerprint density at radius 1 is 1.32 bits per heavy atom. The SMILES string of the molecule is CC(OS(=O)O)c1ccc(C(N)=O)c2[nH]c3ccccc3c12. The first-order valence-electron chi connectivity index (χ1n) is 6.60. The van der Waals surface area contributed by atoms with Gasteiger partial charge in [-0.1, -0.05) is 24.3 Å². The average Bonchev–Trinajstić information content (AvgIpc) is 2.84. The summed E-state index contributed by atoms with van der Waals surface area (Å²) in [4.78, 5) is 14.8. The number of para-hydroxylation sites is 1. The molecule has 2 aromatic carbocycles. The predicted molar refractivity (Wildman–Crippen MR) is 84.6 cm³/mol. The zero-order valence-corrected chi connectivity index (χ0v) is 12.5. The molecular weight excluding hydrogens is 304 g/mol. The van der Waals surface area contributed by atoms with Crippen LogP contribution >= 0.6 is 0 Å². The average molecular weight is 318 g/mol. The van der Waals surface area contributed by atoms with Gasteiger partial charge >= 0.3 is 11.4 Å². The Hall–Kier alpha value is -2.22. The maximum absolute atomic E-state index is 11.6. The number of H-pyrrole nitrogens is 1. The predicted octanol–water partition coefficient (Wildman–Crippen LogP) is 2.63. The number of hydrogen-bond donors (Lipinski definition) is 3. The van der Waals surface area contributed by atoms with Crippen molar-refractivity contribution in [3.05, 3.63) is 47.5 Å². The maximum Gasteiger partial charge on any atom is 0.302 e. The smallest absolute Gasteiger partial charge is 0.302 e. The van der Waals surface area contributed by atoms with Crippen LogP contribution in [0.5, 0.6) is 0 Å². The fourth-order valence-electron chi connectivity index (χ4n) is 2.70. The Bertz CT molecular complexity index is 903. The molecule has 0 aliphatic heterocycles. The lowest BCUT2D eigenvalue weighted by Gasteiger charge is -2.12. The van der Waals surface area contributed by atoms with E-state index in [-0.39, 0.29) is 0 Å². The van der Waals surface area contributed by atoms with Gasteiger partial charge in [0.25, 0.3) is 5.91 Å². The Labute approximate surface area is 128 Å². The van der Waals surface area contributed by atoms with Gasteiger partial charge in [-0.3, -0.25) is 13.5 Å². The molecule has 3 aromatic rings. The second-order valence-corrected chi connectivity index (χ2v) is 5.57. The van der Waals surface area contributed by atoms with E-state index in [0.717, 1.165) is 16.3 Å². The van der Waals surface area contributed by atoms with Gasteiger partial charge in [0.1, 0.15) is 0 Å². The van der Waals surface area contributed by atoms with E-state index in [1.807, 2.05) is 24.3 Å². The van der Waals surface area contributed by atoms with Crippen LogP contribution in [0.4, 0.5) is 0 Å². The van der Waals surface area contributed by atoms with Crippen LogP contribution in [0.25, 0.3) is 21.8 Å². The van der Waals surface area contributed by atoms with Crippen molar-refractivity contribution in [1.29, 1.82) is 0 Å². The van der Waals surface area contributed by atoms with Crippen LogP contribution in [-0.4, -0.2) is 19.7 Å². The third-order valence-electron chi connectivity index (χ3n) is 3.62. The van der Waals surface area contributed by atoms with E-state index in [0.29, 0.717) is 16.6 Å². The van der Waals surface area contributed by atoms with Crippen LogP contribution < -0.4 is 5.73 Å². The molecule has 0 saturated carbocycles. The van der Waals surface area contributed by atoms with Gasteiger partial charge in [0.15, 0.2) is 0 Å². The summed E-state index contributed by atoms with van der Waals surface area (Å²) >= 11 is -2.38. The number of nitrogens with one attached hydrogen (secondary N) is 1. The van der Waals surface area contributed by atoms with Crippen LogP contribution in [0.1, 0.15) is 28.9 Å². The summed E-state index contributed by atoms with van der Waals surface area (Å²) in [6.45, 7) is 1.68. The van der Waals surface area contributed by atoms with Gasteiger partial charge in [-0.2, -0.15) is 4.21 Å². The number of aromatic amines is 1. The Morgan fingerprint density at radius 3 is 2.73 bits per heavy atom. The summed E-state index contributed by atoms with van der Waals surface area (Å²) in [7, 11) is 0. The summed E-state index contributed by atoms with van der Waals surface area (Å²) in [6.07, 6.45) is -0.616. The van der Waals surface area contributed by atoms with Gasteiger partial charge in [0.05, 0.1) is 17.2 Å². The topological polar surface area (TPSA) is 105 Å². The third kappa shape index (κ3) is 2.39. The highest BCUT2D eigenvalue weighted by Crippen LogP contribution is 2.34. The molecule has 0 radical (unpaired) electrons. The second-order valence-electron chi connectivity index (χ2n) is 4.94. The minimum atomic E-state index is -2.38. The first-order chi connectivity index (χ1) is 10.5. The maximum atomic E-state index is 11.6. The standard InChI is InChI=1S/C15H14N2O4S/c1-8(21-22(19)20)9-6-7-11(15(16)18)14-13(9)10-4-2-3-5-12(10)17-14/h2-8,17H,1H3,(H2,16,18)(H,19,20). The molecule has 0 saturated heterocycles. The van der Waals surface area contributed by atoms with Gasteiger partial charge in [-0.25, -0.2) is 0 Å². The lowest BCUT2D eigenvalue weighted by Crippen LogP contribution is -2.12. The van der Waals surface area contributed by atoms with Crippen LogP contribution in [0.15, 0.2) is 36.4 Å². The molecule has 1 heterocycles. The number of amides is 1. The molecule has 1 aromatic heterocycles. The number of hydrogen-bond acceptors (Lipinski definition) is 3. The molecule has 4 N–H and O–H groups in total. The third-order valence-corrected chi connectivity index (χ3v) is 4.08. The lowest BCUT2D eigenvalue weighted by molar-refractivity contribution is 0.100.